The van der Waals surface area contributed by atoms with Crippen molar-refractivity contribution in [3.63, 3.8) is 0 Å². The minimum absolute atomic E-state index is 0. The molecule has 0 saturated carbocycles. The molecular weight excluding hydrogens is 316 g/mol. The molecule has 1 aliphatic rings. The normalized spacial score (nSPS) is 15.2. The van der Waals surface area contributed by atoms with E-state index < -0.39 is 9.84 Å². The first kappa shape index (κ1) is 17.7. The quantitative estimate of drug-likeness (QED) is 0.874. The van der Waals surface area contributed by atoms with Gasteiger partial charge in [0.1, 0.15) is 5.75 Å². The molecular formula is C13H19ClN2O4S. The Bertz CT molecular complexity index is 613. The third-order valence-electron chi connectivity index (χ3n) is 3.23. The second kappa shape index (κ2) is 7.11. The molecule has 1 saturated heterocycles. The second-order valence-electron chi connectivity index (χ2n) is 4.68. The van der Waals surface area contributed by atoms with Gasteiger partial charge in [0.15, 0.2) is 9.84 Å². The number of amides is 1. The van der Waals surface area contributed by atoms with Gasteiger partial charge in [0.05, 0.1) is 17.6 Å². The standard InChI is InChI=1S/C13H18N2O4S.ClH/c1-19-12-4-3-10(20(2,17)18)9-11(12)13(16)15-7-5-14-6-8-15;/h3-4,9,14H,5-8H2,1-2H3;1H. The van der Waals surface area contributed by atoms with Crippen molar-refractivity contribution in [3.8, 4) is 5.75 Å². The molecule has 0 aromatic heterocycles. The summed E-state index contributed by atoms with van der Waals surface area (Å²) in [5.41, 5.74) is 0.289. The molecule has 1 heterocycles. The number of carbonyl (C=O) groups is 1. The number of piperazine rings is 1. The Kier molecular flexibility index (Phi) is 6.00. The molecule has 2 rings (SSSR count). The average Bonchev–Trinajstić information content (AvgIpc) is 2.45. The zero-order valence-electron chi connectivity index (χ0n) is 12.0. The molecule has 1 fully saturated rings. The highest BCUT2D eigenvalue weighted by atomic mass is 35.5. The van der Waals surface area contributed by atoms with E-state index in [0.29, 0.717) is 18.8 Å². The number of hydrogen-bond acceptors (Lipinski definition) is 5. The van der Waals surface area contributed by atoms with E-state index in [1.54, 1.807) is 4.90 Å². The second-order valence-corrected chi connectivity index (χ2v) is 6.69. The average molecular weight is 335 g/mol. The van der Waals surface area contributed by atoms with Crippen LogP contribution in [-0.2, 0) is 9.84 Å². The molecule has 0 radical (unpaired) electrons. The highest BCUT2D eigenvalue weighted by molar-refractivity contribution is 7.90. The number of halogens is 1. The van der Waals surface area contributed by atoms with Crippen LogP contribution in [-0.4, -0.2) is 58.8 Å². The molecule has 118 valence electrons. The lowest BCUT2D eigenvalue weighted by atomic mass is 10.1. The summed E-state index contributed by atoms with van der Waals surface area (Å²) in [7, 11) is -1.89. The maximum absolute atomic E-state index is 12.5. The van der Waals surface area contributed by atoms with Crippen LogP contribution in [0.4, 0.5) is 0 Å². The Morgan fingerprint density at radius 2 is 1.90 bits per heavy atom. The lowest BCUT2D eigenvalue weighted by molar-refractivity contribution is 0.0732. The lowest BCUT2D eigenvalue weighted by Gasteiger charge is -2.28. The van der Waals surface area contributed by atoms with Gasteiger partial charge >= 0.3 is 0 Å². The maximum atomic E-state index is 12.5. The van der Waals surface area contributed by atoms with Crippen molar-refractivity contribution in [2.24, 2.45) is 0 Å². The fourth-order valence-corrected chi connectivity index (χ4v) is 2.77. The summed E-state index contributed by atoms with van der Waals surface area (Å²) in [6.45, 7) is 2.68. The van der Waals surface area contributed by atoms with Gasteiger partial charge in [0.2, 0.25) is 0 Å². The molecule has 8 heteroatoms. The highest BCUT2D eigenvalue weighted by Gasteiger charge is 2.23. The largest absolute Gasteiger partial charge is 0.496 e. The SMILES string of the molecule is COc1ccc(S(C)(=O)=O)cc1C(=O)N1CCNCC1.Cl. The molecule has 0 bridgehead atoms. The number of benzene rings is 1. The molecule has 0 atom stereocenters. The van der Waals surface area contributed by atoms with Crippen molar-refractivity contribution in [2.45, 2.75) is 4.90 Å². The van der Waals surface area contributed by atoms with Gasteiger partial charge in [-0.1, -0.05) is 0 Å². The van der Waals surface area contributed by atoms with Crippen molar-refractivity contribution in [3.05, 3.63) is 23.8 Å². The summed E-state index contributed by atoms with van der Waals surface area (Å²) >= 11 is 0. The molecule has 0 unspecified atom stereocenters. The van der Waals surface area contributed by atoms with Gasteiger partial charge in [0.25, 0.3) is 5.91 Å². The number of methoxy groups -OCH3 is 1. The first-order valence-electron chi connectivity index (χ1n) is 6.31. The maximum Gasteiger partial charge on any atom is 0.257 e. The fourth-order valence-electron chi connectivity index (χ4n) is 2.12. The van der Waals surface area contributed by atoms with E-state index in [9.17, 15) is 13.2 Å². The van der Waals surface area contributed by atoms with E-state index in [1.165, 1.54) is 25.3 Å². The highest BCUT2D eigenvalue weighted by Crippen LogP contribution is 2.24. The Hall–Kier alpha value is -1.31. The number of rotatable bonds is 3. The predicted octanol–water partition coefficient (Wildman–Crippen LogP) is 0.566. The van der Waals surface area contributed by atoms with Crippen LogP contribution < -0.4 is 10.1 Å². The predicted molar refractivity (Wildman–Crippen MR) is 82.1 cm³/mol. The Labute approximate surface area is 130 Å². The molecule has 1 N–H and O–H groups in total. The van der Waals surface area contributed by atoms with E-state index in [4.69, 9.17) is 4.74 Å². The minimum atomic E-state index is -3.35. The zero-order chi connectivity index (χ0) is 14.8. The lowest BCUT2D eigenvalue weighted by Crippen LogP contribution is -2.46. The van der Waals surface area contributed by atoms with Gasteiger partial charge in [0, 0.05) is 32.4 Å². The number of hydrogen-bond donors (Lipinski definition) is 1. The van der Waals surface area contributed by atoms with Crippen LogP contribution in [0.25, 0.3) is 0 Å². The minimum Gasteiger partial charge on any atom is -0.496 e. The van der Waals surface area contributed by atoms with Gasteiger partial charge in [-0.3, -0.25) is 4.79 Å². The van der Waals surface area contributed by atoms with Crippen LogP contribution >= 0.6 is 12.4 Å². The summed E-state index contributed by atoms with van der Waals surface area (Å²) < 4.78 is 28.4. The molecule has 1 aliphatic heterocycles. The van der Waals surface area contributed by atoms with Crippen LogP contribution in [0.3, 0.4) is 0 Å². The molecule has 0 aliphatic carbocycles. The monoisotopic (exact) mass is 334 g/mol. The van der Waals surface area contributed by atoms with E-state index in [-0.39, 0.29) is 28.8 Å². The number of ether oxygens (including phenoxy) is 1. The summed E-state index contributed by atoms with van der Waals surface area (Å²) in [5.74, 6) is 0.190. The summed E-state index contributed by atoms with van der Waals surface area (Å²) in [6, 6.07) is 4.35. The van der Waals surface area contributed by atoms with Crippen molar-refractivity contribution >= 4 is 28.2 Å². The zero-order valence-corrected chi connectivity index (χ0v) is 13.6. The van der Waals surface area contributed by atoms with Crippen LogP contribution in [0.5, 0.6) is 5.75 Å². The summed E-state index contributed by atoms with van der Waals surface area (Å²) in [5, 5.41) is 3.16. The van der Waals surface area contributed by atoms with Crippen LogP contribution in [0, 0.1) is 0 Å². The number of sulfone groups is 1. The third kappa shape index (κ3) is 4.09. The van der Waals surface area contributed by atoms with Crippen LogP contribution in [0.15, 0.2) is 23.1 Å². The van der Waals surface area contributed by atoms with Crippen LogP contribution in [0.2, 0.25) is 0 Å². The van der Waals surface area contributed by atoms with E-state index in [1.807, 2.05) is 0 Å². The Morgan fingerprint density at radius 1 is 1.29 bits per heavy atom. The van der Waals surface area contributed by atoms with E-state index >= 15 is 0 Å². The molecule has 1 aromatic rings. The van der Waals surface area contributed by atoms with Gasteiger partial charge in [-0.25, -0.2) is 8.42 Å². The van der Waals surface area contributed by atoms with E-state index in [2.05, 4.69) is 5.32 Å². The van der Waals surface area contributed by atoms with E-state index in [0.717, 1.165) is 19.3 Å². The van der Waals surface area contributed by atoms with Crippen molar-refractivity contribution in [2.75, 3.05) is 39.5 Å². The van der Waals surface area contributed by atoms with Crippen molar-refractivity contribution in [1.82, 2.24) is 10.2 Å². The van der Waals surface area contributed by atoms with Gasteiger partial charge in [-0.2, -0.15) is 0 Å². The smallest absolute Gasteiger partial charge is 0.257 e. The molecule has 1 aromatic carbocycles. The molecule has 21 heavy (non-hydrogen) atoms. The van der Waals surface area contributed by atoms with Crippen molar-refractivity contribution < 1.29 is 17.9 Å². The van der Waals surface area contributed by atoms with Crippen LogP contribution in [0.1, 0.15) is 10.4 Å². The number of nitrogens with zero attached hydrogens (tertiary/aromatic N) is 1. The Morgan fingerprint density at radius 3 is 2.43 bits per heavy atom. The van der Waals surface area contributed by atoms with Gasteiger partial charge < -0.3 is 15.0 Å². The third-order valence-corrected chi connectivity index (χ3v) is 4.34. The first-order valence-corrected chi connectivity index (χ1v) is 8.20. The topological polar surface area (TPSA) is 75.7 Å². The fraction of sp³-hybridized carbons (Fsp3) is 0.462. The number of nitrogens with one attached hydrogen (secondary N) is 1. The van der Waals surface area contributed by atoms with Gasteiger partial charge in [-0.05, 0) is 18.2 Å². The van der Waals surface area contributed by atoms with Crippen molar-refractivity contribution in [1.29, 1.82) is 0 Å². The number of carbonyl (C=O) groups excluding carboxylic acids is 1. The Balaban J connectivity index is 0.00000220. The summed E-state index contributed by atoms with van der Waals surface area (Å²) in [6.07, 6.45) is 1.12. The summed E-state index contributed by atoms with van der Waals surface area (Å²) in [4.78, 5) is 14.3. The molecule has 6 nitrogen and oxygen atoms in total. The first-order chi connectivity index (χ1) is 9.43. The van der Waals surface area contributed by atoms with Gasteiger partial charge in [-0.15, -0.1) is 12.4 Å². The molecule has 0 spiro atoms. The molecule has 1 amide bonds.